The topological polar surface area (TPSA) is 69.8 Å². The number of aliphatic hydroxyl groups is 1. The summed E-state index contributed by atoms with van der Waals surface area (Å²) in [5.41, 5.74) is 5.45. The van der Waals surface area contributed by atoms with E-state index in [1.54, 1.807) is 0 Å². The van der Waals surface area contributed by atoms with Crippen molar-refractivity contribution in [2.75, 3.05) is 32.7 Å². The van der Waals surface area contributed by atoms with Crippen molar-refractivity contribution < 1.29 is 9.90 Å². The Morgan fingerprint density at radius 2 is 2.00 bits per heavy atom. The highest BCUT2D eigenvalue weighted by Crippen LogP contribution is 2.17. The minimum Gasteiger partial charge on any atom is -0.392 e. The first-order valence-electron chi connectivity index (χ1n) is 7.10. The largest absolute Gasteiger partial charge is 0.392 e. The summed E-state index contributed by atoms with van der Waals surface area (Å²) in [6.07, 6.45) is 4.98. The fourth-order valence-corrected chi connectivity index (χ4v) is 3.08. The van der Waals surface area contributed by atoms with E-state index in [-0.39, 0.29) is 18.1 Å². The van der Waals surface area contributed by atoms with Gasteiger partial charge in [-0.3, -0.25) is 14.6 Å². The average molecular weight is 255 g/mol. The van der Waals surface area contributed by atoms with Crippen molar-refractivity contribution in [1.29, 1.82) is 0 Å². The highest BCUT2D eigenvalue weighted by atomic mass is 16.3. The summed E-state index contributed by atoms with van der Waals surface area (Å²) in [6.45, 7) is 4.63. The minimum atomic E-state index is -0.187. The molecule has 0 aromatic heterocycles. The molecule has 5 nitrogen and oxygen atoms in total. The number of carbonyl (C=O) groups excluding carboxylic acids is 1. The lowest BCUT2D eigenvalue weighted by atomic mass is 10.0. The first-order chi connectivity index (χ1) is 8.66. The maximum Gasteiger partial charge on any atom is 0.234 e. The average Bonchev–Trinajstić information content (AvgIpc) is 2.37. The molecular weight excluding hydrogens is 230 g/mol. The lowest BCUT2D eigenvalue weighted by Gasteiger charge is -2.36. The van der Waals surface area contributed by atoms with Crippen LogP contribution in [-0.2, 0) is 4.79 Å². The van der Waals surface area contributed by atoms with E-state index in [0.29, 0.717) is 0 Å². The Morgan fingerprint density at radius 1 is 1.17 bits per heavy atom. The molecule has 2 rings (SSSR count). The van der Waals surface area contributed by atoms with Crippen molar-refractivity contribution >= 4 is 5.91 Å². The zero-order valence-corrected chi connectivity index (χ0v) is 11.1. The molecule has 1 amide bonds. The molecule has 1 unspecified atom stereocenters. The monoisotopic (exact) mass is 255 g/mol. The summed E-state index contributed by atoms with van der Waals surface area (Å²) < 4.78 is 0. The second-order valence-corrected chi connectivity index (χ2v) is 5.55. The summed E-state index contributed by atoms with van der Waals surface area (Å²) in [7, 11) is 0. The van der Waals surface area contributed by atoms with Crippen LogP contribution in [0.3, 0.4) is 0 Å². The maximum absolute atomic E-state index is 11.4. The molecule has 2 saturated heterocycles. The molecule has 0 bridgehead atoms. The van der Waals surface area contributed by atoms with Crippen molar-refractivity contribution in [3.63, 3.8) is 0 Å². The number of hydrogen-bond acceptors (Lipinski definition) is 4. The number of hydrogen-bond donors (Lipinski definition) is 2. The molecule has 5 heteroatoms. The van der Waals surface area contributed by atoms with Gasteiger partial charge >= 0.3 is 0 Å². The molecule has 2 heterocycles. The number of nitrogens with zero attached hydrogens (tertiary/aromatic N) is 2. The van der Waals surface area contributed by atoms with E-state index in [1.165, 1.54) is 0 Å². The molecule has 2 aliphatic heterocycles. The third-order valence-corrected chi connectivity index (χ3v) is 4.13. The number of likely N-dealkylation sites (tertiary alicyclic amines) is 2. The van der Waals surface area contributed by atoms with Crippen LogP contribution in [-0.4, -0.2) is 65.7 Å². The molecule has 3 N–H and O–H groups in total. The van der Waals surface area contributed by atoms with Gasteiger partial charge < -0.3 is 10.8 Å². The van der Waals surface area contributed by atoms with E-state index in [1.807, 2.05) is 0 Å². The van der Waals surface area contributed by atoms with Crippen LogP contribution in [0.1, 0.15) is 32.1 Å². The maximum atomic E-state index is 11.4. The Bertz CT molecular complexity index is 285. The van der Waals surface area contributed by atoms with Gasteiger partial charge in [0, 0.05) is 19.6 Å². The summed E-state index contributed by atoms with van der Waals surface area (Å²) >= 11 is 0. The van der Waals surface area contributed by atoms with Gasteiger partial charge in [0.2, 0.25) is 5.91 Å². The van der Waals surface area contributed by atoms with Crippen molar-refractivity contribution in [3.8, 4) is 0 Å². The minimum absolute atomic E-state index is 0.0755. The van der Waals surface area contributed by atoms with E-state index >= 15 is 0 Å². The second-order valence-electron chi connectivity index (χ2n) is 5.55. The molecule has 2 atom stereocenters. The molecule has 2 fully saturated rings. The molecule has 0 saturated carbocycles. The van der Waals surface area contributed by atoms with Gasteiger partial charge in [0.05, 0.1) is 12.1 Å². The van der Waals surface area contributed by atoms with E-state index in [2.05, 4.69) is 9.80 Å². The van der Waals surface area contributed by atoms with Crippen LogP contribution in [0.15, 0.2) is 0 Å². The van der Waals surface area contributed by atoms with Crippen LogP contribution < -0.4 is 5.73 Å². The number of amides is 1. The Labute approximate surface area is 109 Å². The standard InChI is InChI=1S/C13H25N3O2/c14-13(18)12-5-1-2-7-16(12)9-8-15-6-3-4-11(17)10-15/h11-12,17H,1-10H2,(H2,14,18)/t11-,12?/m1/s1. The highest BCUT2D eigenvalue weighted by Gasteiger charge is 2.27. The highest BCUT2D eigenvalue weighted by molar-refractivity contribution is 5.79. The Kier molecular flexibility index (Phi) is 4.97. The molecular formula is C13H25N3O2. The molecule has 0 radical (unpaired) electrons. The summed E-state index contributed by atoms with van der Waals surface area (Å²) in [5, 5.41) is 9.63. The molecule has 0 aliphatic carbocycles. The number of primary amides is 1. The third-order valence-electron chi connectivity index (χ3n) is 4.13. The van der Waals surface area contributed by atoms with Gasteiger partial charge in [-0.2, -0.15) is 0 Å². The normalized spacial score (nSPS) is 31.4. The quantitative estimate of drug-likeness (QED) is 0.729. The van der Waals surface area contributed by atoms with E-state index in [0.717, 1.165) is 64.8 Å². The molecule has 2 aliphatic rings. The summed E-state index contributed by atoms with van der Waals surface area (Å²) in [5.74, 6) is -0.187. The lowest BCUT2D eigenvalue weighted by Crippen LogP contribution is -2.51. The molecule has 0 spiro atoms. The van der Waals surface area contributed by atoms with Crippen molar-refractivity contribution in [1.82, 2.24) is 9.80 Å². The van der Waals surface area contributed by atoms with E-state index in [9.17, 15) is 9.90 Å². The van der Waals surface area contributed by atoms with Crippen LogP contribution in [0.4, 0.5) is 0 Å². The van der Waals surface area contributed by atoms with E-state index in [4.69, 9.17) is 5.73 Å². The number of nitrogens with two attached hydrogens (primary N) is 1. The molecule has 18 heavy (non-hydrogen) atoms. The Morgan fingerprint density at radius 3 is 2.72 bits per heavy atom. The Hall–Kier alpha value is -0.650. The van der Waals surface area contributed by atoms with Crippen molar-refractivity contribution in [2.24, 2.45) is 5.73 Å². The first-order valence-corrected chi connectivity index (χ1v) is 7.10. The first kappa shape index (κ1) is 13.8. The third kappa shape index (κ3) is 3.67. The number of aliphatic hydroxyl groups excluding tert-OH is 1. The molecule has 0 aromatic rings. The van der Waals surface area contributed by atoms with Crippen LogP contribution in [0, 0.1) is 0 Å². The van der Waals surface area contributed by atoms with Gasteiger partial charge in [0.1, 0.15) is 0 Å². The van der Waals surface area contributed by atoms with Crippen molar-refractivity contribution in [2.45, 2.75) is 44.2 Å². The predicted molar refractivity (Wildman–Crippen MR) is 70.1 cm³/mol. The number of carbonyl (C=O) groups is 1. The summed E-state index contributed by atoms with van der Waals surface area (Å²) in [4.78, 5) is 15.9. The van der Waals surface area contributed by atoms with Gasteiger partial charge in [0.25, 0.3) is 0 Å². The fraction of sp³-hybridized carbons (Fsp3) is 0.923. The van der Waals surface area contributed by atoms with Crippen LogP contribution >= 0.6 is 0 Å². The fourth-order valence-electron chi connectivity index (χ4n) is 3.08. The van der Waals surface area contributed by atoms with Crippen molar-refractivity contribution in [3.05, 3.63) is 0 Å². The SMILES string of the molecule is NC(=O)C1CCCCN1CCN1CCC[C@@H](O)C1. The predicted octanol–water partition coefficient (Wildman–Crippen LogP) is -0.217. The number of β-amino-alcohol motifs (C(OH)–C–C–N with tert-alkyl or cyclic N) is 1. The smallest absolute Gasteiger partial charge is 0.234 e. The second kappa shape index (κ2) is 6.50. The summed E-state index contributed by atoms with van der Waals surface area (Å²) in [6, 6.07) is -0.0755. The van der Waals surface area contributed by atoms with Crippen LogP contribution in [0.25, 0.3) is 0 Å². The van der Waals surface area contributed by atoms with Gasteiger partial charge in [-0.05, 0) is 38.8 Å². The zero-order chi connectivity index (χ0) is 13.0. The van der Waals surface area contributed by atoms with Gasteiger partial charge in [-0.25, -0.2) is 0 Å². The molecule has 0 aromatic carbocycles. The Balaban J connectivity index is 1.78. The lowest BCUT2D eigenvalue weighted by molar-refractivity contribution is -0.124. The number of piperidine rings is 2. The van der Waals surface area contributed by atoms with Gasteiger partial charge in [0.15, 0.2) is 0 Å². The van der Waals surface area contributed by atoms with Gasteiger partial charge in [-0.1, -0.05) is 6.42 Å². The molecule has 104 valence electrons. The van der Waals surface area contributed by atoms with E-state index < -0.39 is 0 Å². The number of rotatable bonds is 4. The van der Waals surface area contributed by atoms with Crippen LogP contribution in [0.2, 0.25) is 0 Å². The zero-order valence-electron chi connectivity index (χ0n) is 11.1. The van der Waals surface area contributed by atoms with Crippen LogP contribution in [0.5, 0.6) is 0 Å². The van der Waals surface area contributed by atoms with Gasteiger partial charge in [-0.15, -0.1) is 0 Å².